The van der Waals surface area contributed by atoms with Gasteiger partial charge < -0.3 is 10.2 Å². The van der Waals surface area contributed by atoms with Gasteiger partial charge in [-0.3, -0.25) is 9.59 Å². The van der Waals surface area contributed by atoms with Crippen LogP contribution in [-0.4, -0.2) is 29.3 Å². The number of hydrogen-bond acceptors (Lipinski definition) is 3. The van der Waals surface area contributed by atoms with Gasteiger partial charge in [0.2, 0.25) is 11.8 Å². The van der Waals surface area contributed by atoms with Crippen LogP contribution in [0.1, 0.15) is 16.9 Å². The number of carbonyl (C=O) groups excluding carboxylic acids is 2. The van der Waals surface area contributed by atoms with Gasteiger partial charge in [-0.25, -0.2) is 0 Å². The van der Waals surface area contributed by atoms with Crippen molar-refractivity contribution in [2.24, 2.45) is 0 Å². The Hall–Kier alpha value is -2.14. The normalized spacial score (nSPS) is 17.7. The molecule has 4 nitrogen and oxygen atoms in total. The van der Waals surface area contributed by atoms with Gasteiger partial charge in [0.25, 0.3) is 0 Å². The summed E-state index contributed by atoms with van der Waals surface area (Å²) < 4.78 is 0. The second kappa shape index (κ2) is 6.75. The van der Waals surface area contributed by atoms with Crippen molar-refractivity contribution in [2.75, 3.05) is 6.54 Å². The molecular weight excluding hydrogens is 296 g/mol. The van der Waals surface area contributed by atoms with Crippen molar-refractivity contribution in [3.05, 3.63) is 58.3 Å². The molecule has 0 bridgehead atoms. The van der Waals surface area contributed by atoms with Crippen LogP contribution in [-0.2, 0) is 22.6 Å². The SMILES string of the molecule is O=C(Cc1cccs1)N[C@H]1CC(=O)N(Cc2ccccc2)C1. The summed E-state index contributed by atoms with van der Waals surface area (Å²) in [5.74, 6) is 0.0899. The Bertz CT molecular complexity index is 640. The number of nitrogens with zero attached hydrogens (tertiary/aromatic N) is 1. The second-order valence-corrected chi connectivity index (χ2v) is 6.52. The first-order chi connectivity index (χ1) is 10.7. The van der Waals surface area contributed by atoms with E-state index >= 15 is 0 Å². The maximum absolute atomic E-state index is 12.1. The maximum atomic E-state index is 12.1. The molecule has 1 aliphatic rings. The lowest BCUT2D eigenvalue weighted by Crippen LogP contribution is -2.37. The van der Waals surface area contributed by atoms with Gasteiger partial charge in [0, 0.05) is 24.4 Å². The number of carbonyl (C=O) groups is 2. The number of rotatable bonds is 5. The highest BCUT2D eigenvalue weighted by Crippen LogP contribution is 2.16. The van der Waals surface area contributed by atoms with Crippen molar-refractivity contribution in [1.29, 1.82) is 0 Å². The first-order valence-corrected chi connectivity index (χ1v) is 8.22. The van der Waals surface area contributed by atoms with Crippen LogP contribution in [0.4, 0.5) is 0 Å². The molecule has 1 saturated heterocycles. The fraction of sp³-hybridized carbons (Fsp3) is 0.294. The van der Waals surface area contributed by atoms with E-state index in [1.165, 1.54) is 0 Å². The van der Waals surface area contributed by atoms with Crippen molar-refractivity contribution >= 4 is 23.2 Å². The molecule has 2 aromatic rings. The largest absolute Gasteiger partial charge is 0.351 e. The number of thiophene rings is 1. The molecule has 5 heteroatoms. The van der Waals surface area contributed by atoms with E-state index in [0.29, 0.717) is 25.9 Å². The van der Waals surface area contributed by atoms with E-state index in [1.807, 2.05) is 52.7 Å². The van der Waals surface area contributed by atoms with Gasteiger partial charge >= 0.3 is 0 Å². The zero-order chi connectivity index (χ0) is 15.4. The van der Waals surface area contributed by atoms with Gasteiger partial charge in [0.15, 0.2) is 0 Å². The Morgan fingerprint density at radius 1 is 1.23 bits per heavy atom. The summed E-state index contributed by atoms with van der Waals surface area (Å²) in [5.41, 5.74) is 1.11. The van der Waals surface area contributed by atoms with Crippen LogP contribution in [0, 0.1) is 0 Å². The maximum Gasteiger partial charge on any atom is 0.225 e. The summed E-state index contributed by atoms with van der Waals surface area (Å²) in [6.45, 7) is 1.20. The fourth-order valence-electron chi connectivity index (χ4n) is 2.68. The highest BCUT2D eigenvalue weighted by atomic mass is 32.1. The lowest BCUT2D eigenvalue weighted by Gasteiger charge is -2.17. The predicted octanol–water partition coefficient (Wildman–Crippen LogP) is 2.21. The molecule has 2 amide bonds. The summed E-state index contributed by atoms with van der Waals surface area (Å²) >= 11 is 1.57. The standard InChI is InChI=1S/C17H18N2O2S/c20-16(10-15-7-4-8-22-15)18-14-9-17(21)19(12-14)11-13-5-2-1-3-6-13/h1-8,14H,9-12H2,(H,18,20)/t14-/m0/s1. The summed E-state index contributed by atoms with van der Waals surface area (Å²) in [6.07, 6.45) is 0.782. The molecule has 0 spiro atoms. The Kier molecular flexibility index (Phi) is 4.53. The van der Waals surface area contributed by atoms with Crippen LogP contribution in [0.5, 0.6) is 0 Å². The third-order valence-corrected chi connectivity index (χ3v) is 4.59. The minimum Gasteiger partial charge on any atom is -0.351 e. The van der Waals surface area contributed by atoms with Crippen molar-refractivity contribution in [1.82, 2.24) is 10.2 Å². The van der Waals surface area contributed by atoms with Crippen molar-refractivity contribution in [2.45, 2.75) is 25.4 Å². The number of nitrogens with one attached hydrogen (secondary N) is 1. The molecule has 1 atom stereocenters. The Morgan fingerprint density at radius 3 is 2.77 bits per heavy atom. The third kappa shape index (κ3) is 3.74. The molecule has 1 N–H and O–H groups in total. The van der Waals surface area contributed by atoms with Crippen LogP contribution in [0.25, 0.3) is 0 Å². The topological polar surface area (TPSA) is 49.4 Å². The van der Waals surface area contributed by atoms with Gasteiger partial charge in [-0.15, -0.1) is 11.3 Å². The first kappa shape index (κ1) is 14.8. The average Bonchev–Trinajstić information content (AvgIpc) is 3.11. The lowest BCUT2D eigenvalue weighted by molar-refractivity contribution is -0.128. The Labute approximate surface area is 133 Å². The van der Waals surface area contributed by atoms with E-state index in [9.17, 15) is 9.59 Å². The monoisotopic (exact) mass is 314 g/mol. The molecular formula is C17H18N2O2S. The van der Waals surface area contributed by atoms with E-state index in [1.54, 1.807) is 11.3 Å². The first-order valence-electron chi connectivity index (χ1n) is 7.34. The molecule has 0 unspecified atom stereocenters. The molecule has 3 rings (SSSR count). The van der Waals surface area contributed by atoms with Crippen LogP contribution < -0.4 is 5.32 Å². The smallest absolute Gasteiger partial charge is 0.225 e. The third-order valence-electron chi connectivity index (χ3n) is 3.71. The van der Waals surface area contributed by atoms with Gasteiger partial charge in [-0.2, -0.15) is 0 Å². The summed E-state index contributed by atoms with van der Waals surface area (Å²) in [6, 6.07) is 13.7. The Morgan fingerprint density at radius 2 is 2.05 bits per heavy atom. The number of benzene rings is 1. The molecule has 0 aliphatic carbocycles. The molecule has 22 heavy (non-hydrogen) atoms. The summed E-state index contributed by atoms with van der Waals surface area (Å²) in [7, 11) is 0. The van der Waals surface area contributed by atoms with Crippen molar-refractivity contribution in [3.8, 4) is 0 Å². The van der Waals surface area contributed by atoms with Crippen LogP contribution in [0.3, 0.4) is 0 Å². The average molecular weight is 314 g/mol. The van der Waals surface area contributed by atoms with Crippen LogP contribution in [0.2, 0.25) is 0 Å². The minimum absolute atomic E-state index is 0.0122. The fourth-order valence-corrected chi connectivity index (χ4v) is 3.38. The van der Waals surface area contributed by atoms with Gasteiger partial charge in [0.1, 0.15) is 0 Å². The molecule has 0 saturated carbocycles. The minimum atomic E-state index is -0.0799. The molecule has 1 aliphatic heterocycles. The number of amides is 2. The predicted molar refractivity (Wildman–Crippen MR) is 86.4 cm³/mol. The quantitative estimate of drug-likeness (QED) is 0.920. The van der Waals surface area contributed by atoms with E-state index in [2.05, 4.69) is 5.32 Å². The van der Waals surface area contributed by atoms with Gasteiger partial charge in [0.05, 0.1) is 12.5 Å². The van der Waals surface area contributed by atoms with Crippen LogP contribution >= 0.6 is 11.3 Å². The summed E-state index contributed by atoms with van der Waals surface area (Å²) in [4.78, 5) is 26.9. The van der Waals surface area contributed by atoms with Crippen LogP contribution in [0.15, 0.2) is 47.8 Å². The highest BCUT2D eigenvalue weighted by molar-refractivity contribution is 7.10. The second-order valence-electron chi connectivity index (χ2n) is 5.48. The highest BCUT2D eigenvalue weighted by Gasteiger charge is 2.30. The van der Waals surface area contributed by atoms with Gasteiger partial charge in [-0.1, -0.05) is 36.4 Å². The van der Waals surface area contributed by atoms with Gasteiger partial charge in [-0.05, 0) is 17.0 Å². The van der Waals surface area contributed by atoms with E-state index in [0.717, 1.165) is 10.4 Å². The van der Waals surface area contributed by atoms with E-state index in [-0.39, 0.29) is 17.9 Å². The van der Waals surface area contributed by atoms with E-state index < -0.39 is 0 Å². The lowest BCUT2D eigenvalue weighted by atomic mass is 10.2. The van der Waals surface area contributed by atoms with E-state index in [4.69, 9.17) is 0 Å². The molecule has 1 aromatic carbocycles. The molecule has 1 aromatic heterocycles. The molecule has 114 valence electrons. The summed E-state index contributed by atoms with van der Waals surface area (Å²) in [5, 5.41) is 4.93. The molecule has 2 heterocycles. The Balaban J connectivity index is 1.52. The van der Waals surface area contributed by atoms with Crippen molar-refractivity contribution in [3.63, 3.8) is 0 Å². The van der Waals surface area contributed by atoms with Crippen molar-refractivity contribution < 1.29 is 9.59 Å². The number of hydrogen-bond donors (Lipinski definition) is 1. The molecule has 1 fully saturated rings. The number of likely N-dealkylation sites (tertiary alicyclic amines) is 1. The zero-order valence-corrected chi connectivity index (χ0v) is 13.0. The zero-order valence-electron chi connectivity index (χ0n) is 12.2. The molecule has 0 radical (unpaired) electrons.